The van der Waals surface area contributed by atoms with Crippen molar-refractivity contribution in [3.63, 3.8) is 0 Å². The number of carbonyl (C=O) groups is 2. The second-order valence-corrected chi connectivity index (χ2v) is 4.04. The summed E-state index contributed by atoms with van der Waals surface area (Å²) in [5, 5.41) is 3.00. The van der Waals surface area contributed by atoms with Gasteiger partial charge in [0.15, 0.2) is 0 Å². The topological polar surface area (TPSA) is 58.6 Å². The highest BCUT2D eigenvalue weighted by molar-refractivity contribution is 5.91. The fourth-order valence-electron chi connectivity index (χ4n) is 1.45. The third kappa shape index (κ3) is 3.85. The van der Waals surface area contributed by atoms with Crippen molar-refractivity contribution in [2.24, 2.45) is 0 Å². The SMILES string of the molecule is COC(=O)c1ccccc1CNCC(=O)N(C)C. The smallest absolute Gasteiger partial charge is 0.338 e. The molecule has 0 aliphatic carbocycles. The van der Waals surface area contributed by atoms with Gasteiger partial charge in [0.05, 0.1) is 19.2 Å². The minimum absolute atomic E-state index is 0.00875. The first kappa shape index (κ1) is 14.2. The van der Waals surface area contributed by atoms with Gasteiger partial charge < -0.3 is 15.0 Å². The minimum Gasteiger partial charge on any atom is -0.465 e. The summed E-state index contributed by atoms with van der Waals surface area (Å²) in [4.78, 5) is 24.4. The molecule has 0 heterocycles. The average Bonchev–Trinajstić information content (AvgIpc) is 2.38. The van der Waals surface area contributed by atoms with Crippen LogP contribution in [0.3, 0.4) is 0 Å². The number of likely N-dealkylation sites (N-methyl/N-ethyl adjacent to an activating group) is 1. The zero-order chi connectivity index (χ0) is 13.5. The highest BCUT2D eigenvalue weighted by Gasteiger charge is 2.11. The molecule has 5 heteroatoms. The Morgan fingerprint density at radius 1 is 1.28 bits per heavy atom. The number of nitrogens with zero attached hydrogens (tertiary/aromatic N) is 1. The number of nitrogens with one attached hydrogen (secondary N) is 1. The molecule has 1 amide bonds. The van der Waals surface area contributed by atoms with E-state index in [1.165, 1.54) is 12.0 Å². The summed E-state index contributed by atoms with van der Waals surface area (Å²) in [7, 11) is 4.75. The van der Waals surface area contributed by atoms with Crippen LogP contribution in [0.25, 0.3) is 0 Å². The zero-order valence-corrected chi connectivity index (χ0v) is 10.9. The van der Waals surface area contributed by atoms with Crippen molar-refractivity contribution < 1.29 is 14.3 Å². The Morgan fingerprint density at radius 2 is 1.94 bits per heavy atom. The van der Waals surface area contributed by atoms with Crippen LogP contribution in [0.5, 0.6) is 0 Å². The first-order valence-electron chi connectivity index (χ1n) is 5.63. The van der Waals surface area contributed by atoms with Crippen LogP contribution in [0.15, 0.2) is 24.3 Å². The molecule has 1 N–H and O–H groups in total. The van der Waals surface area contributed by atoms with Crippen molar-refractivity contribution in [1.29, 1.82) is 0 Å². The standard InChI is InChI=1S/C13H18N2O3/c1-15(2)12(16)9-14-8-10-6-4-5-7-11(10)13(17)18-3/h4-7,14H,8-9H2,1-3H3. The fraction of sp³-hybridized carbons (Fsp3) is 0.385. The number of ether oxygens (including phenoxy) is 1. The number of esters is 1. The lowest BCUT2D eigenvalue weighted by Crippen LogP contribution is -2.32. The zero-order valence-electron chi connectivity index (χ0n) is 10.9. The van der Waals surface area contributed by atoms with E-state index in [0.717, 1.165) is 5.56 Å². The Hall–Kier alpha value is -1.88. The Balaban J connectivity index is 2.62. The van der Waals surface area contributed by atoms with Gasteiger partial charge in [0.25, 0.3) is 0 Å². The summed E-state index contributed by atoms with van der Waals surface area (Å²) >= 11 is 0. The maximum atomic E-state index is 11.5. The minimum atomic E-state index is -0.369. The first-order valence-corrected chi connectivity index (χ1v) is 5.63. The molecule has 0 unspecified atom stereocenters. The molecule has 0 bridgehead atoms. The van der Waals surface area contributed by atoms with Crippen molar-refractivity contribution in [3.05, 3.63) is 35.4 Å². The molecule has 0 aliphatic rings. The van der Waals surface area contributed by atoms with Crippen LogP contribution >= 0.6 is 0 Å². The molecule has 0 radical (unpaired) electrons. The number of hydrogen-bond donors (Lipinski definition) is 1. The van der Waals surface area contributed by atoms with Gasteiger partial charge in [-0.25, -0.2) is 4.79 Å². The lowest BCUT2D eigenvalue weighted by atomic mass is 10.1. The molecule has 98 valence electrons. The summed E-state index contributed by atoms with van der Waals surface area (Å²) in [6, 6.07) is 7.16. The second kappa shape index (κ2) is 6.76. The predicted molar refractivity (Wildman–Crippen MR) is 68.2 cm³/mol. The van der Waals surface area contributed by atoms with Crippen molar-refractivity contribution >= 4 is 11.9 Å². The number of carbonyl (C=O) groups excluding carboxylic acids is 2. The van der Waals surface area contributed by atoms with Gasteiger partial charge in [-0.15, -0.1) is 0 Å². The summed E-state index contributed by atoms with van der Waals surface area (Å²) < 4.78 is 4.70. The largest absolute Gasteiger partial charge is 0.465 e. The monoisotopic (exact) mass is 250 g/mol. The van der Waals surface area contributed by atoms with Crippen LogP contribution < -0.4 is 5.32 Å². The molecule has 0 atom stereocenters. The molecular formula is C13H18N2O3. The van der Waals surface area contributed by atoms with E-state index in [9.17, 15) is 9.59 Å². The van der Waals surface area contributed by atoms with Gasteiger partial charge >= 0.3 is 5.97 Å². The van der Waals surface area contributed by atoms with E-state index >= 15 is 0 Å². The highest BCUT2D eigenvalue weighted by Crippen LogP contribution is 2.09. The van der Waals surface area contributed by atoms with Gasteiger partial charge in [-0.2, -0.15) is 0 Å². The van der Waals surface area contributed by atoms with E-state index in [0.29, 0.717) is 12.1 Å². The van der Waals surface area contributed by atoms with E-state index in [4.69, 9.17) is 4.74 Å². The molecule has 0 aliphatic heterocycles. The van der Waals surface area contributed by atoms with Gasteiger partial charge in [-0.1, -0.05) is 18.2 Å². The fourth-order valence-corrected chi connectivity index (χ4v) is 1.45. The molecule has 1 rings (SSSR count). The predicted octanol–water partition coefficient (Wildman–Crippen LogP) is 0.651. The summed E-state index contributed by atoms with van der Waals surface area (Å²) in [5.41, 5.74) is 1.33. The molecule has 0 spiro atoms. The molecule has 0 saturated heterocycles. The van der Waals surface area contributed by atoms with Crippen molar-refractivity contribution in [1.82, 2.24) is 10.2 Å². The van der Waals surface area contributed by atoms with Crippen molar-refractivity contribution in [2.75, 3.05) is 27.7 Å². The van der Waals surface area contributed by atoms with Crippen molar-refractivity contribution in [3.8, 4) is 0 Å². The van der Waals surface area contributed by atoms with Gasteiger partial charge in [0.1, 0.15) is 0 Å². The Bertz CT molecular complexity index is 430. The number of methoxy groups -OCH3 is 1. The summed E-state index contributed by atoms with van der Waals surface area (Å²) in [6.45, 7) is 0.688. The van der Waals surface area contributed by atoms with E-state index < -0.39 is 0 Å². The van der Waals surface area contributed by atoms with E-state index in [-0.39, 0.29) is 18.4 Å². The summed E-state index contributed by atoms with van der Waals surface area (Å²) in [5.74, 6) is -0.378. The van der Waals surface area contributed by atoms with E-state index in [1.54, 1.807) is 26.2 Å². The molecule has 5 nitrogen and oxygen atoms in total. The normalized spacial score (nSPS) is 9.94. The molecule has 0 saturated carbocycles. The molecule has 18 heavy (non-hydrogen) atoms. The van der Waals surface area contributed by atoms with Crippen LogP contribution in [0.2, 0.25) is 0 Å². The second-order valence-electron chi connectivity index (χ2n) is 4.04. The molecule has 0 aromatic heterocycles. The third-order valence-electron chi connectivity index (χ3n) is 2.51. The van der Waals surface area contributed by atoms with Crippen LogP contribution in [0, 0.1) is 0 Å². The Labute approximate surface area is 107 Å². The molecule has 1 aromatic rings. The molecular weight excluding hydrogens is 232 g/mol. The highest BCUT2D eigenvalue weighted by atomic mass is 16.5. The van der Waals surface area contributed by atoms with Crippen LogP contribution in [0.1, 0.15) is 15.9 Å². The van der Waals surface area contributed by atoms with Gasteiger partial charge in [0.2, 0.25) is 5.91 Å². The maximum Gasteiger partial charge on any atom is 0.338 e. The quantitative estimate of drug-likeness (QED) is 0.780. The number of benzene rings is 1. The number of rotatable bonds is 5. The number of amides is 1. The molecule has 1 aromatic carbocycles. The first-order chi connectivity index (χ1) is 8.56. The molecule has 0 fully saturated rings. The van der Waals surface area contributed by atoms with Gasteiger partial charge in [-0.05, 0) is 11.6 Å². The van der Waals surface area contributed by atoms with Crippen LogP contribution in [-0.2, 0) is 16.1 Å². The average molecular weight is 250 g/mol. The Morgan fingerprint density at radius 3 is 2.56 bits per heavy atom. The third-order valence-corrected chi connectivity index (χ3v) is 2.51. The lowest BCUT2D eigenvalue weighted by molar-refractivity contribution is -0.127. The van der Waals surface area contributed by atoms with Gasteiger partial charge in [-0.3, -0.25) is 4.79 Å². The lowest BCUT2D eigenvalue weighted by Gasteiger charge is -2.12. The Kier molecular flexibility index (Phi) is 5.32. The van der Waals surface area contributed by atoms with Gasteiger partial charge in [0, 0.05) is 20.6 Å². The summed E-state index contributed by atoms with van der Waals surface area (Å²) in [6.07, 6.45) is 0. The van der Waals surface area contributed by atoms with E-state index in [2.05, 4.69) is 5.32 Å². The maximum absolute atomic E-state index is 11.5. The van der Waals surface area contributed by atoms with Crippen LogP contribution in [-0.4, -0.2) is 44.5 Å². The van der Waals surface area contributed by atoms with E-state index in [1.807, 2.05) is 12.1 Å². The number of hydrogen-bond acceptors (Lipinski definition) is 4. The van der Waals surface area contributed by atoms with Crippen molar-refractivity contribution in [2.45, 2.75) is 6.54 Å². The van der Waals surface area contributed by atoms with Crippen LogP contribution in [0.4, 0.5) is 0 Å².